The van der Waals surface area contributed by atoms with Crippen molar-refractivity contribution in [1.82, 2.24) is 9.97 Å². The van der Waals surface area contributed by atoms with Crippen LogP contribution in [0.5, 0.6) is 0 Å². The molecule has 0 radical (unpaired) electrons. The zero-order valence-corrected chi connectivity index (χ0v) is 12.1. The van der Waals surface area contributed by atoms with E-state index >= 15 is 0 Å². The average Bonchev–Trinajstić information content (AvgIpc) is 2.41. The molecule has 1 aromatic heterocycles. The van der Waals surface area contributed by atoms with Crippen LogP contribution < -0.4 is 5.32 Å². The van der Waals surface area contributed by atoms with Crippen LogP contribution in [0, 0.1) is 20.8 Å². The van der Waals surface area contributed by atoms with Gasteiger partial charge in [0.2, 0.25) is 0 Å². The molecule has 1 heterocycles. The molecule has 3 heteroatoms. The highest BCUT2D eigenvalue weighted by Gasteiger charge is 2.09. The van der Waals surface area contributed by atoms with E-state index < -0.39 is 0 Å². The zero-order chi connectivity index (χ0) is 13.8. The highest BCUT2D eigenvalue weighted by atomic mass is 15.0. The van der Waals surface area contributed by atoms with Crippen molar-refractivity contribution in [3.63, 3.8) is 0 Å². The number of nitrogens with zero attached hydrogens (tertiary/aromatic N) is 2. The summed E-state index contributed by atoms with van der Waals surface area (Å²) >= 11 is 0. The number of rotatable bonds is 4. The van der Waals surface area contributed by atoms with Crippen LogP contribution in [-0.4, -0.2) is 16.5 Å². The second-order valence-corrected chi connectivity index (χ2v) is 4.92. The van der Waals surface area contributed by atoms with E-state index in [4.69, 9.17) is 0 Å². The fourth-order valence-electron chi connectivity index (χ4n) is 2.05. The quantitative estimate of drug-likeness (QED) is 0.900. The molecule has 0 atom stereocenters. The molecule has 0 aliphatic heterocycles. The van der Waals surface area contributed by atoms with Crippen molar-refractivity contribution in [3.05, 3.63) is 41.2 Å². The van der Waals surface area contributed by atoms with Crippen LogP contribution in [0.25, 0.3) is 11.3 Å². The maximum Gasteiger partial charge on any atom is 0.132 e. The van der Waals surface area contributed by atoms with Crippen LogP contribution in [0.1, 0.15) is 30.0 Å². The summed E-state index contributed by atoms with van der Waals surface area (Å²) in [5.74, 6) is 0.935. The van der Waals surface area contributed by atoms with Gasteiger partial charge in [-0.2, -0.15) is 0 Å². The van der Waals surface area contributed by atoms with E-state index in [1.54, 1.807) is 6.33 Å². The van der Waals surface area contributed by atoms with E-state index in [-0.39, 0.29) is 0 Å². The molecule has 1 N–H and O–H groups in total. The highest BCUT2D eigenvalue weighted by Crippen LogP contribution is 2.26. The van der Waals surface area contributed by atoms with Gasteiger partial charge in [0.25, 0.3) is 0 Å². The van der Waals surface area contributed by atoms with E-state index in [0.717, 1.165) is 35.6 Å². The normalized spacial score (nSPS) is 10.5. The third kappa shape index (κ3) is 2.92. The Labute approximate surface area is 115 Å². The maximum atomic E-state index is 4.44. The summed E-state index contributed by atoms with van der Waals surface area (Å²) in [5.41, 5.74) is 5.87. The monoisotopic (exact) mass is 255 g/mol. The Morgan fingerprint density at radius 2 is 1.84 bits per heavy atom. The number of nitrogens with one attached hydrogen (secondary N) is 1. The minimum Gasteiger partial charge on any atom is -0.370 e. The van der Waals surface area contributed by atoms with Crippen LogP contribution >= 0.6 is 0 Å². The van der Waals surface area contributed by atoms with Gasteiger partial charge in [-0.1, -0.05) is 19.1 Å². The first kappa shape index (κ1) is 13.5. The standard InChI is InChI=1S/C16H21N3/c1-5-8-17-16-13(4)15(18-10-19-16)14-7-6-11(2)12(3)9-14/h6-7,9-10H,5,8H2,1-4H3,(H,17,18,19). The zero-order valence-electron chi connectivity index (χ0n) is 12.1. The summed E-state index contributed by atoms with van der Waals surface area (Å²) in [6.45, 7) is 9.41. The fourth-order valence-corrected chi connectivity index (χ4v) is 2.05. The van der Waals surface area contributed by atoms with Crippen molar-refractivity contribution in [2.24, 2.45) is 0 Å². The lowest BCUT2D eigenvalue weighted by Crippen LogP contribution is -2.05. The van der Waals surface area contributed by atoms with Crippen molar-refractivity contribution >= 4 is 5.82 Å². The van der Waals surface area contributed by atoms with Gasteiger partial charge in [-0.15, -0.1) is 0 Å². The van der Waals surface area contributed by atoms with Crippen LogP contribution in [0.15, 0.2) is 24.5 Å². The average molecular weight is 255 g/mol. The first-order valence-corrected chi connectivity index (χ1v) is 6.76. The van der Waals surface area contributed by atoms with Crippen molar-refractivity contribution in [1.29, 1.82) is 0 Å². The molecule has 0 bridgehead atoms. The smallest absolute Gasteiger partial charge is 0.132 e. The second-order valence-electron chi connectivity index (χ2n) is 4.92. The van der Waals surface area contributed by atoms with E-state index in [2.05, 4.69) is 61.2 Å². The maximum absolute atomic E-state index is 4.44. The summed E-state index contributed by atoms with van der Waals surface area (Å²) in [4.78, 5) is 8.76. The molecule has 0 saturated heterocycles. The largest absolute Gasteiger partial charge is 0.370 e. The van der Waals surface area contributed by atoms with Gasteiger partial charge < -0.3 is 5.32 Å². The van der Waals surface area contributed by atoms with E-state index in [1.165, 1.54) is 11.1 Å². The molecular formula is C16H21N3. The third-order valence-electron chi connectivity index (χ3n) is 3.41. The molecule has 0 saturated carbocycles. The summed E-state index contributed by atoms with van der Waals surface area (Å²) in [6, 6.07) is 6.46. The third-order valence-corrected chi connectivity index (χ3v) is 3.41. The van der Waals surface area contributed by atoms with Crippen molar-refractivity contribution in [2.75, 3.05) is 11.9 Å². The van der Waals surface area contributed by atoms with Gasteiger partial charge in [0, 0.05) is 17.7 Å². The van der Waals surface area contributed by atoms with Crippen molar-refractivity contribution in [2.45, 2.75) is 34.1 Å². The SMILES string of the molecule is CCCNc1ncnc(-c2ccc(C)c(C)c2)c1C. The van der Waals surface area contributed by atoms with E-state index in [1.807, 2.05) is 0 Å². The van der Waals surface area contributed by atoms with Crippen molar-refractivity contribution < 1.29 is 0 Å². The number of hydrogen-bond acceptors (Lipinski definition) is 3. The van der Waals surface area contributed by atoms with Gasteiger partial charge in [-0.25, -0.2) is 9.97 Å². The lowest BCUT2D eigenvalue weighted by atomic mass is 10.0. The number of aryl methyl sites for hydroxylation is 2. The molecule has 100 valence electrons. The predicted octanol–water partition coefficient (Wildman–Crippen LogP) is 3.89. The van der Waals surface area contributed by atoms with Gasteiger partial charge in [0.05, 0.1) is 5.69 Å². The van der Waals surface area contributed by atoms with E-state index in [0.29, 0.717) is 0 Å². The molecule has 0 unspecified atom stereocenters. The van der Waals surface area contributed by atoms with Crippen LogP contribution in [0.4, 0.5) is 5.82 Å². The Bertz CT molecular complexity index is 576. The molecule has 1 aromatic carbocycles. The van der Waals surface area contributed by atoms with Gasteiger partial charge in [0.15, 0.2) is 0 Å². The molecule has 0 aliphatic rings. The van der Waals surface area contributed by atoms with Crippen molar-refractivity contribution in [3.8, 4) is 11.3 Å². The Morgan fingerprint density at radius 3 is 2.53 bits per heavy atom. The van der Waals surface area contributed by atoms with Crippen LogP contribution in [0.3, 0.4) is 0 Å². The summed E-state index contributed by atoms with van der Waals surface area (Å²) < 4.78 is 0. The highest BCUT2D eigenvalue weighted by molar-refractivity contribution is 5.68. The Balaban J connectivity index is 2.41. The lowest BCUT2D eigenvalue weighted by Gasteiger charge is -2.12. The van der Waals surface area contributed by atoms with Crippen LogP contribution in [0.2, 0.25) is 0 Å². The molecular weight excluding hydrogens is 234 g/mol. The molecule has 19 heavy (non-hydrogen) atoms. The number of aromatic nitrogens is 2. The predicted molar refractivity (Wildman–Crippen MR) is 80.5 cm³/mol. The first-order chi connectivity index (χ1) is 9.13. The topological polar surface area (TPSA) is 37.8 Å². The van der Waals surface area contributed by atoms with Gasteiger partial charge in [-0.3, -0.25) is 0 Å². The summed E-state index contributed by atoms with van der Waals surface area (Å²) in [6.07, 6.45) is 2.72. The molecule has 3 nitrogen and oxygen atoms in total. The molecule has 2 aromatic rings. The molecule has 0 aliphatic carbocycles. The van der Waals surface area contributed by atoms with Crippen LogP contribution in [-0.2, 0) is 0 Å². The summed E-state index contributed by atoms with van der Waals surface area (Å²) in [7, 11) is 0. The first-order valence-electron chi connectivity index (χ1n) is 6.76. The van der Waals surface area contributed by atoms with Gasteiger partial charge in [-0.05, 0) is 44.4 Å². The minimum absolute atomic E-state index is 0.935. The Hall–Kier alpha value is -1.90. The lowest BCUT2D eigenvalue weighted by molar-refractivity contribution is 0.960. The Morgan fingerprint density at radius 1 is 1.05 bits per heavy atom. The minimum atomic E-state index is 0.935. The molecule has 0 amide bonds. The summed E-state index contributed by atoms with van der Waals surface area (Å²) in [5, 5.41) is 3.35. The number of benzene rings is 1. The second kappa shape index (κ2) is 5.83. The molecule has 0 spiro atoms. The Kier molecular flexibility index (Phi) is 4.15. The van der Waals surface area contributed by atoms with Gasteiger partial charge in [0.1, 0.15) is 12.1 Å². The fraction of sp³-hybridized carbons (Fsp3) is 0.375. The number of anilines is 1. The molecule has 0 fully saturated rings. The van der Waals surface area contributed by atoms with E-state index in [9.17, 15) is 0 Å². The number of hydrogen-bond donors (Lipinski definition) is 1. The molecule has 2 rings (SSSR count). The van der Waals surface area contributed by atoms with Gasteiger partial charge >= 0.3 is 0 Å².